The van der Waals surface area contributed by atoms with E-state index < -0.39 is 0 Å². The van der Waals surface area contributed by atoms with Crippen LogP contribution in [0.2, 0.25) is 0 Å². The van der Waals surface area contributed by atoms with Crippen molar-refractivity contribution in [1.82, 2.24) is 0 Å². The Morgan fingerprint density at radius 2 is 1.60 bits per heavy atom. The van der Waals surface area contributed by atoms with Crippen LogP contribution in [0.5, 0.6) is 0 Å². The first-order valence-electron chi connectivity index (χ1n) is 7.67. The molecule has 0 radical (unpaired) electrons. The van der Waals surface area contributed by atoms with Crippen LogP contribution in [0.15, 0.2) is 18.2 Å². The van der Waals surface area contributed by atoms with E-state index in [1.165, 1.54) is 0 Å². The van der Waals surface area contributed by atoms with Gasteiger partial charge >= 0.3 is 0 Å². The van der Waals surface area contributed by atoms with Crippen molar-refractivity contribution in [3.05, 3.63) is 29.6 Å². The molecule has 3 heteroatoms. The van der Waals surface area contributed by atoms with Crippen LogP contribution < -0.4 is 10.6 Å². The standard InChI is InChI=1S/C17H29FN2/c1-13(2)7-9-20(10-8-14(3)4)17-6-5-15(12-19)11-16(17)18/h5-6,11,13-14H,7-10,12,19H2,1-4H3. The van der Waals surface area contributed by atoms with Gasteiger partial charge in [0.2, 0.25) is 0 Å². The average Bonchev–Trinajstić information content (AvgIpc) is 2.39. The van der Waals surface area contributed by atoms with Gasteiger partial charge in [-0.2, -0.15) is 0 Å². The number of nitrogens with zero attached hydrogens (tertiary/aromatic N) is 1. The first-order valence-corrected chi connectivity index (χ1v) is 7.67. The van der Waals surface area contributed by atoms with Crippen molar-refractivity contribution in [2.24, 2.45) is 17.6 Å². The van der Waals surface area contributed by atoms with Crippen LogP contribution >= 0.6 is 0 Å². The van der Waals surface area contributed by atoms with Gasteiger partial charge in [0.15, 0.2) is 0 Å². The Hall–Kier alpha value is -1.09. The van der Waals surface area contributed by atoms with Crippen molar-refractivity contribution in [3.63, 3.8) is 0 Å². The molecule has 20 heavy (non-hydrogen) atoms. The Morgan fingerprint density at radius 3 is 2.00 bits per heavy atom. The summed E-state index contributed by atoms with van der Waals surface area (Å²) in [5.74, 6) is 1.10. The molecule has 1 rings (SSSR count). The zero-order chi connectivity index (χ0) is 15.1. The topological polar surface area (TPSA) is 29.3 Å². The zero-order valence-corrected chi connectivity index (χ0v) is 13.3. The van der Waals surface area contributed by atoms with Gasteiger partial charge in [0.25, 0.3) is 0 Å². The smallest absolute Gasteiger partial charge is 0.146 e. The summed E-state index contributed by atoms with van der Waals surface area (Å²) in [5, 5.41) is 0. The van der Waals surface area contributed by atoms with Gasteiger partial charge in [0.05, 0.1) is 5.69 Å². The predicted octanol–water partition coefficient (Wildman–Crippen LogP) is 4.18. The largest absolute Gasteiger partial charge is 0.369 e. The fourth-order valence-corrected chi connectivity index (χ4v) is 2.11. The zero-order valence-electron chi connectivity index (χ0n) is 13.3. The molecule has 1 aromatic carbocycles. The van der Waals surface area contributed by atoms with E-state index in [0.717, 1.165) is 31.5 Å². The van der Waals surface area contributed by atoms with Gasteiger partial charge in [-0.25, -0.2) is 4.39 Å². The predicted molar refractivity (Wildman–Crippen MR) is 85.4 cm³/mol. The number of benzene rings is 1. The highest BCUT2D eigenvalue weighted by Gasteiger charge is 2.13. The molecule has 0 saturated carbocycles. The molecule has 0 bridgehead atoms. The summed E-state index contributed by atoms with van der Waals surface area (Å²) in [5.41, 5.74) is 7.12. The number of nitrogens with two attached hydrogens (primary N) is 1. The van der Waals surface area contributed by atoms with Crippen molar-refractivity contribution in [2.45, 2.75) is 47.1 Å². The van der Waals surface area contributed by atoms with Crippen molar-refractivity contribution in [1.29, 1.82) is 0 Å². The Morgan fingerprint density at radius 1 is 1.05 bits per heavy atom. The Kier molecular flexibility index (Phi) is 7.00. The van der Waals surface area contributed by atoms with E-state index >= 15 is 0 Å². The highest BCUT2D eigenvalue weighted by Crippen LogP contribution is 2.22. The molecular weight excluding hydrogens is 251 g/mol. The highest BCUT2D eigenvalue weighted by molar-refractivity contribution is 5.49. The molecule has 1 aromatic rings. The van der Waals surface area contributed by atoms with Gasteiger partial charge in [0, 0.05) is 19.6 Å². The third-order valence-electron chi connectivity index (χ3n) is 3.54. The molecule has 0 aromatic heterocycles. The minimum Gasteiger partial charge on any atom is -0.369 e. The Labute approximate surface area is 123 Å². The molecule has 114 valence electrons. The van der Waals surface area contributed by atoms with E-state index in [1.807, 2.05) is 12.1 Å². The second kappa shape index (κ2) is 8.25. The monoisotopic (exact) mass is 280 g/mol. The van der Waals surface area contributed by atoms with Gasteiger partial charge in [-0.15, -0.1) is 0 Å². The molecule has 0 amide bonds. The van der Waals surface area contributed by atoms with Crippen LogP contribution in [0.4, 0.5) is 10.1 Å². The van der Waals surface area contributed by atoms with E-state index in [-0.39, 0.29) is 5.82 Å². The number of halogens is 1. The highest BCUT2D eigenvalue weighted by atomic mass is 19.1. The lowest BCUT2D eigenvalue weighted by atomic mass is 10.1. The molecular formula is C17H29FN2. The fraction of sp³-hybridized carbons (Fsp3) is 0.647. The van der Waals surface area contributed by atoms with E-state index in [1.54, 1.807) is 6.07 Å². The molecule has 0 atom stereocenters. The molecule has 0 saturated heterocycles. The molecule has 2 nitrogen and oxygen atoms in total. The summed E-state index contributed by atoms with van der Waals surface area (Å²) < 4.78 is 14.2. The molecule has 0 heterocycles. The molecule has 0 aliphatic rings. The van der Waals surface area contributed by atoms with Crippen LogP contribution in [0.1, 0.15) is 46.1 Å². The minimum absolute atomic E-state index is 0.152. The van der Waals surface area contributed by atoms with E-state index in [0.29, 0.717) is 24.1 Å². The third kappa shape index (κ3) is 5.49. The summed E-state index contributed by atoms with van der Waals surface area (Å²) >= 11 is 0. The second-order valence-corrected chi connectivity index (χ2v) is 6.34. The van der Waals surface area contributed by atoms with Crippen LogP contribution in [0.3, 0.4) is 0 Å². The van der Waals surface area contributed by atoms with Crippen LogP contribution in [0.25, 0.3) is 0 Å². The SMILES string of the molecule is CC(C)CCN(CCC(C)C)c1ccc(CN)cc1F. The summed E-state index contributed by atoms with van der Waals surface area (Å²) in [6, 6.07) is 5.36. The van der Waals surface area contributed by atoms with Crippen molar-refractivity contribution < 1.29 is 4.39 Å². The number of anilines is 1. The van der Waals surface area contributed by atoms with Crippen LogP contribution in [-0.2, 0) is 6.54 Å². The first-order chi connectivity index (χ1) is 9.43. The normalized spacial score (nSPS) is 11.4. The van der Waals surface area contributed by atoms with E-state index in [2.05, 4.69) is 32.6 Å². The molecule has 0 aliphatic carbocycles. The lowest BCUT2D eigenvalue weighted by molar-refractivity contribution is 0.526. The first kappa shape index (κ1) is 17.0. The van der Waals surface area contributed by atoms with Gasteiger partial charge in [-0.05, 0) is 42.4 Å². The average molecular weight is 280 g/mol. The Bertz CT molecular complexity index is 390. The molecule has 0 unspecified atom stereocenters. The summed E-state index contributed by atoms with van der Waals surface area (Å²) in [4.78, 5) is 2.18. The maximum atomic E-state index is 14.2. The maximum Gasteiger partial charge on any atom is 0.146 e. The summed E-state index contributed by atoms with van der Waals surface area (Å²) in [7, 11) is 0. The van der Waals surface area contributed by atoms with Crippen molar-refractivity contribution in [2.75, 3.05) is 18.0 Å². The molecule has 0 spiro atoms. The van der Waals surface area contributed by atoms with Gasteiger partial charge < -0.3 is 10.6 Å². The van der Waals surface area contributed by atoms with Gasteiger partial charge in [-0.3, -0.25) is 0 Å². The Balaban J connectivity index is 2.84. The lowest BCUT2D eigenvalue weighted by Crippen LogP contribution is -2.28. The maximum absolute atomic E-state index is 14.2. The summed E-state index contributed by atoms with van der Waals surface area (Å²) in [6.45, 7) is 11.0. The van der Waals surface area contributed by atoms with Crippen molar-refractivity contribution >= 4 is 5.69 Å². The number of hydrogen-bond donors (Lipinski definition) is 1. The minimum atomic E-state index is -0.152. The van der Waals surface area contributed by atoms with Crippen molar-refractivity contribution in [3.8, 4) is 0 Å². The molecule has 2 N–H and O–H groups in total. The lowest BCUT2D eigenvalue weighted by Gasteiger charge is -2.27. The summed E-state index contributed by atoms with van der Waals surface area (Å²) in [6.07, 6.45) is 2.16. The number of hydrogen-bond acceptors (Lipinski definition) is 2. The van der Waals surface area contributed by atoms with Crippen LogP contribution in [0, 0.1) is 17.7 Å². The molecule has 0 fully saturated rings. The van der Waals surface area contributed by atoms with E-state index in [9.17, 15) is 4.39 Å². The number of rotatable bonds is 8. The second-order valence-electron chi connectivity index (χ2n) is 6.34. The van der Waals surface area contributed by atoms with Crippen LogP contribution in [-0.4, -0.2) is 13.1 Å². The van der Waals surface area contributed by atoms with E-state index in [4.69, 9.17) is 5.73 Å². The quantitative estimate of drug-likeness (QED) is 0.774. The third-order valence-corrected chi connectivity index (χ3v) is 3.54. The van der Waals surface area contributed by atoms with Gasteiger partial charge in [0.1, 0.15) is 5.82 Å². The van der Waals surface area contributed by atoms with Gasteiger partial charge in [-0.1, -0.05) is 33.8 Å². The molecule has 0 aliphatic heterocycles. The fourth-order valence-electron chi connectivity index (χ4n) is 2.11.